The molecule has 0 radical (unpaired) electrons. The van der Waals surface area contributed by atoms with E-state index in [1.807, 2.05) is 62.4 Å². The van der Waals surface area contributed by atoms with E-state index in [1.165, 1.54) is 11.8 Å². The molecule has 0 aliphatic carbocycles. The van der Waals surface area contributed by atoms with Gasteiger partial charge in [0.05, 0.1) is 5.75 Å². The van der Waals surface area contributed by atoms with Crippen molar-refractivity contribution in [2.45, 2.75) is 51.6 Å². The van der Waals surface area contributed by atoms with Gasteiger partial charge in [-0.2, -0.15) is 0 Å². The molecule has 0 aliphatic rings. The van der Waals surface area contributed by atoms with Crippen molar-refractivity contribution in [3.05, 3.63) is 69.2 Å². The third-order valence-corrected chi connectivity index (χ3v) is 6.55. The Hall–Kier alpha value is -1.50. The van der Waals surface area contributed by atoms with Crippen molar-refractivity contribution in [1.29, 1.82) is 0 Å². The standard InChI is InChI=1S/C23H28BrClN2O2S/c1-4-16(2)26-23(29)17(3)27(13-19-6-5-7-20(24)12-19)22(28)15-30-14-18-8-10-21(25)11-9-18/h5-12,16-17H,4,13-15H2,1-3H3,(H,26,29)/t16-,17+/m0/s1. The summed E-state index contributed by atoms with van der Waals surface area (Å²) in [7, 11) is 0. The van der Waals surface area contributed by atoms with E-state index in [9.17, 15) is 9.59 Å². The number of hydrogen-bond donors (Lipinski definition) is 1. The monoisotopic (exact) mass is 510 g/mol. The molecular weight excluding hydrogens is 484 g/mol. The summed E-state index contributed by atoms with van der Waals surface area (Å²) in [4.78, 5) is 27.4. The number of amides is 2. The molecule has 0 heterocycles. The highest BCUT2D eigenvalue weighted by molar-refractivity contribution is 9.10. The maximum atomic E-state index is 13.1. The van der Waals surface area contributed by atoms with Crippen LogP contribution in [-0.4, -0.2) is 34.6 Å². The van der Waals surface area contributed by atoms with Gasteiger partial charge in [-0.15, -0.1) is 11.8 Å². The van der Waals surface area contributed by atoms with Crippen molar-refractivity contribution >= 4 is 51.1 Å². The molecule has 2 atom stereocenters. The van der Waals surface area contributed by atoms with Gasteiger partial charge in [0, 0.05) is 27.8 Å². The van der Waals surface area contributed by atoms with E-state index in [1.54, 1.807) is 11.8 Å². The van der Waals surface area contributed by atoms with Gasteiger partial charge in [-0.25, -0.2) is 0 Å². The summed E-state index contributed by atoms with van der Waals surface area (Å²) in [6.45, 7) is 6.16. The van der Waals surface area contributed by atoms with Crippen LogP contribution in [0.25, 0.3) is 0 Å². The molecular formula is C23H28BrClN2O2S. The molecule has 0 aromatic heterocycles. The van der Waals surface area contributed by atoms with Crippen LogP contribution >= 0.6 is 39.3 Å². The van der Waals surface area contributed by atoms with E-state index in [0.29, 0.717) is 23.1 Å². The van der Waals surface area contributed by atoms with Gasteiger partial charge in [0.15, 0.2) is 0 Å². The smallest absolute Gasteiger partial charge is 0.242 e. The Labute approximate surface area is 196 Å². The summed E-state index contributed by atoms with van der Waals surface area (Å²) in [5, 5.41) is 3.68. The highest BCUT2D eigenvalue weighted by atomic mass is 79.9. The Balaban J connectivity index is 2.07. The van der Waals surface area contributed by atoms with E-state index in [0.717, 1.165) is 22.0 Å². The summed E-state index contributed by atoms with van der Waals surface area (Å²) in [6.07, 6.45) is 0.842. The predicted octanol–water partition coefficient (Wildman–Crippen LogP) is 5.67. The van der Waals surface area contributed by atoms with Crippen molar-refractivity contribution in [3.8, 4) is 0 Å². The first kappa shape index (κ1) is 24.8. The van der Waals surface area contributed by atoms with E-state index in [4.69, 9.17) is 11.6 Å². The number of carbonyl (C=O) groups is 2. The summed E-state index contributed by atoms with van der Waals surface area (Å²) in [6, 6.07) is 14.9. The minimum atomic E-state index is -0.554. The molecule has 0 aliphatic heterocycles. The molecule has 0 bridgehead atoms. The highest BCUT2D eigenvalue weighted by Crippen LogP contribution is 2.19. The van der Waals surface area contributed by atoms with Gasteiger partial charge in [-0.05, 0) is 55.7 Å². The molecule has 2 rings (SSSR count). The van der Waals surface area contributed by atoms with Crippen LogP contribution in [0.1, 0.15) is 38.3 Å². The van der Waals surface area contributed by atoms with Gasteiger partial charge in [0.25, 0.3) is 0 Å². The van der Waals surface area contributed by atoms with Gasteiger partial charge in [0.2, 0.25) is 11.8 Å². The van der Waals surface area contributed by atoms with Crippen LogP contribution in [0, 0.1) is 0 Å². The van der Waals surface area contributed by atoms with Crippen molar-refractivity contribution in [2.75, 3.05) is 5.75 Å². The van der Waals surface area contributed by atoms with E-state index in [2.05, 4.69) is 21.2 Å². The van der Waals surface area contributed by atoms with Gasteiger partial charge in [-0.3, -0.25) is 9.59 Å². The molecule has 2 amide bonds. The van der Waals surface area contributed by atoms with Gasteiger partial charge >= 0.3 is 0 Å². The van der Waals surface area contributed by atoms with Crippen LogP contribution in [0.4, 0.5) is 0 Å². The van der Waals surface area contributed by atoms with Gasteiger partial charge in [-0.1, -0.05) is 58.7 Å². The zero-order valence-electron chi connectivity index (χ0n) is 17.5. The highest BCUT2D eigenvalue weighted by Gasteiger charge is 2.26. The van der Waals surface area contributed by atoms with E-state index < -0.39 is 6.04 Å². The van der Waals surface area contributed by atoms with E-state index in [-0.39, 0.29) is 17.9 Å². The summed E-state index contributed by atoms with van der Waals surface area (Å²) >= 11 is 10.9. The lowest BCUT2D eigenvalue weighted by Gasteiger charge is -2.29. The average Bonchev–Trinajstić information content (AvgIpc) is 2.72. The summed E-state index contributed by atoms with van der Waals surface area (Å²) in [5.74, 6) is 0.828. The first-order valence-corrected chi connectivity index (χ1v) is 12.3. The lowest BCUT2D eigenvalue weighted by molar-refractivity contribution is -0.138. The van der Waals surface area contributed by atoms with Crippen molar-refractivity contribution in [2.24, 2.45) is 0 Å². The number of thioether (sulfide) groups is 1. The zero-order valence-corrected chi connectivity index (χ0v) is 20.7. The molecule has 0 fully saturated rings. The Morgan fingerprint density at radius 3 is 2.47 bits per heavy atom. The number of hydrogen-bond acceptors (Lipinski definition) is 3. The zero-order chi connectivity index (χ0) is 22.1. The van der Waals surface area contributed by atoms with Crippen molar-refractivity contribution < 1.29 is 9.59 Å². The number of benzene rings is 2. The van der Waals surface area contributed by atoms with E-state index >= 15 is 0 Å². The maximum Gasteiger partial charge on any atom is 0.242 e. The van der Waals surface area contributed by atoms with Crippen LogP contribution < -0.4 is 5.32 Å². The second-order valence-corrected chi connectivity index (χ2v) is 9.60. The SMILES string of the molecule is CC[C@H](C)NC(=O)[C@@H](C)N(Cc1cccc(Br)c1)C(=O)CSCc1ccc(Cl)cc1. The molecule has 162 valence electrons. The molecule has 0 spiro atoms. The third kappa shape index (κ3) is 7.97. The lowest BCUT2D eigenvalue weighted by Crippen LogP contribution is -2.50. The molecule has 0 saturated heterocycles. The minimum Gasteiger partial charge on any atom is -0.352 e. The molecule has 30 heavy (non-hydrogen) atoms. The van der Waals surface area contributed by atoms with Crippen LogP contribution in [0.3, 0.4) is 0 Å². The van der Waals surface area contributed by atoms with Crippen molar-refractivity contribution in [3.63, 3.8) is 0 Å². The fraction of sp³-hybridized carbons (Fsp3) is 0.391. The fourth-order valence-corrected chi connectivity index (χ4v) is 4.24. The average molecular weight is 512 g/mol. The summed E-state index contributed by atoms with van der Waals surface area (Å²) in [5.41, 5.74) is 2.09. The van der Waals surface area contributed by atoms with Gasteiger partial charge < -0.3 is 10.2 Å². The van der Waals surface area contributed by atoms with Crippen molar-refractivity contribution in [1.82, 2.24) is 10.2 Å². The van der Waals surface area contributed by atoms with Crippen LogP contribution in [0.2, 0.25) is 5.02 Å². The van der Waals surface area contributed by atoms with Crippen LogP contribution in [0.15, 0.2) is 53.0 Å². The minimum absolute atomic E-state index is 0.0549. The number of rotatable bonds is 10. The molecule has 2 aromatic carbocycles. The second-order valence-electron chi connectivity index (χ2n) is 7.26. The maximum absolute atomic E-state index is 13.1. The topological polar surface area (TPSA) is 49.4 Å². The molecule has 0 saturated carbocycles. The second kappa shape index (κ2) is 12.4. The lowest BCUT2D eigenvalue weighted by atomic mass is 10.1. The Morgan fingerprint density at radius 1 is 1.13 bits per heavy atom. The quantitative estimate of drug-likeness (QED) is 0.447. The van der Waals surface area contributed by atoms with Crippen LogP contribution in [-0.2, 0) is 21.9 Å². The fourth-order valence-electron chi connectivity index (χ4n) is 2.80. The normalized spacial score (nSPS) is 12.8. The molecule has 4 nitrogen and oxygen atoms in total. The molecule has 1 N–H and O–H groups in total. The number of halogens is 2. The largest absolute Gasteiger partial charge is 0.352 e. The number of nitrogens with zero attached hydrogens (tertiary/aromatic N) is 1. The number of nitrogens with one attached hydrogen (secondary N) is 1. The Morgan fingerprint density at radius 2 is 1.83 bits per heavy atom. The Bertz CT molecular complexity index is 847. The summed E-state index contributed by atoms with van der Waals surface area (Å²) < 4.78 is 0.946. The molecule has 2 aromatic rings. The predicted molar refractivity (Wildman–Crippen MR) is 130 cm³/mol. The van der Waals surface area contributed by atoms with Crippen LogP contribution in [0.5, 0.6) is 0 Å². The first-order chi connectivity index (χ1) is 14.3. The molecule has 7 heteroatoms. The molecule has 0 unspecified atom stereocenters. The number of carbonyl (C=O) groups excluding carboxylic acids is 2. The first-order valence-electron chi connectivity index (χ1n) is 9.96. The Kier molecular flexibility index (Phi) is 10.2. The third-order valence-electron chi connectivity index (χ3n) is 4.82. The van der Waals surface area contributed by atoms with Gasteiger partial charge in [0.1, 0.15) is 6.04 Å².